The molecule has 2 aromatic carbocycles. The zero-order valence-corrected chi connectivity index (χ0v) is 15.1. The van der Waals surface area contributed by atoms with Crippen molar-refractivity contribution in [2.75, 3.05) is 18.5 Å². The van der Waals surface area contributed by atoms with Gasteiger partial charge in [0, 0.05) is 10.7 Å². The van der Waals surface area contributed by atoms with Gasteiger partial charge in [0.15, 0.2) is 6.61 Å². The van der Waals surface area contributed by atoms with E-state index >= 15 is 0 Å². The maximum Gasteiger partial charge on any atom is 0.338 e. The molecule has 0 saturated carbocycles. The van der Waals surface area contributed by atoms with Crippen molar-refractivity contribution in [3.63, 3.8) is 0 Å². The summed E-state index contributed by atoms with van der Waals surface area (Å²) in [5, 5.41) is 3.39. The Labute approximate surface area is 151 Å². The van der Waals surface area contributed by atoms with Gasteiger partial charge in [-0.15, -0.1) is 0 Å². The molecule has 0 radical (unpaired) electrons. The lowest BCUT2D eigenvalue weighted by atomic mass is 10.1. The molecule has 0 saturated heterocycles. The quantitative estimate of drug-likeness (QED) is 0.785. The molecular formula is C19H20ClNO4. The van der Waals surface area contributed by atoms with Crippen LogP contribution in [0.5, 0.6) is 5.75 Å². The fraction of sp³-hybridized carbons (Fsp3) is 0.263. The van der Waals surface area contributed by atoms with E-state index in [0.29, 0.717) is 34.2 Å². The van der Waals surface area contributed by atoms with Gasteiger partial charge in [0.05, 0.1) is 12.2 Å². The lowest BCUT2D eigenvalue weighted by Crippen LogP contribution is -2.21. The summed E-state index contributed by atoms with van der Waals surface area (Å²) in [6.07, 6.45) is 0. The smallest absolute Gasteiger partial charge is 0.338 e. The van der Waals surface area contributed by atoms with Crippen LogP contribution in [0.15, 0.2) is 36.4 Å². The van der Waals surface area contributed by atoms with Gasteiger partial charge < -0.3 is 14.8 Å². The topological polar surface area (TPSA) is 64.6 Å². The molecule has 1 amide bonds. The van der Waals surface area contributed by atoms with Crippen molar-refractivity contribution in [2.45, 2.75) is 20.8 Å². The molecule has 0 atom stereocenters. The maximum atomic E-state index is 12.1. The highest BCUT2D eigenvalue weighted by molar-refractivity contribution is 6.31. The normalized spacial score (nSPS) is 10.2. The Kier molecular flexibility index (Phi) is 6.42. The zero-order valence-electron chi connectivity index (χ0n) is 14.4. The molecule has 0 fully saturated rings. The Bertz CT molecular complexity index is 789. The highest BCUT2D eigenvalue weighted by Gasteiger charge is 2.14. The van der Waals surface area contributed by atoms with Crippen molar-refractivity contribution >= 4 is 29.2 Å². The monoisotopic (exact) mass is 361 g/mol. The van der Waals surface area contributed by atoms with E-state index < -0.39 is 5.97 Å². The third-order valence-corrected chi connectivity index (χ3v) is 4.03. The minimum Gasteiger partial charge on any atom is -0.484 e. The van der Waals surface area contributed by atoms with E-state index in [1.807, 2.05) is 6.92 Å². The average molecular weight is 362 g/mol. The van der Waals surface area contributed by atoms with Gasteiger partial charge >= 0.3 is 5.97 Å². The number of carbonyl (C=O) groups excluding carboxylic acids is 2. The molecule has 1 N–H and O–H groups in total. The van der Waals surface area contributed by atoms with Crippen molar-refractivity contribution in [2.24, 2.45) is 0 Å². The maximum absolute atomic E-state index is 12.1. The van der Waals surface area contributed by atoms with Gasteiger partial charge in [-0.05, 0) is 62.2 Å². The van der Waals surface area contributed by atoms with Gasteiger partial charge in [0.25, 0.3) is 5.91 Å². The fourth-order valence-corrected chi connectivity index (χ4v) is 2.36. The molecule has 0 heterocycles. The average Bonchev–Trinajstić information content (AvgIpc) is 2.58. The Morgan fingerprint density at radius 2 is 1.92 bits per heavy atom. The Morgan fingerprint density at radius 3 is 2.60 bits per heavy atom. The van der Waals surface area contributed by atoms with Gasteiger partial charge in [-0.2, -0.15) is 0 Å². The Balaban J connectivity index is 2.01. The molecule has 0 aliphatic heterocycles. The molecule has 2 aromatic rings. The molecule has 0 aliphatic carbocycles. The first-order valence-electron chi connectivity index (χ1n) is 7.88. The van der Waals surface area contributed by atoms with Gasteiger partial charge in [-0.25, -0.2) is 4.79 Å². The number of carbonyl (C=O) groups is 2. The van der Waals surface area contributed by atoms with Crippen molar-refractivity contribution in [1.82, 2.24) is 0 Å². The number of amides is 1. The summed E-state index contributed by atoms with van der Waals surface area (Å²) in [6, 6.07) is 10.3. The molecule has 25 heavy (non-hydrogen) atoms. The van der Waals surface area contributed by atoms with Crippen molar-refractivity contribution in [3.8, 4) is 5.75 Å². The van der Waals surface area contributed by atoms with E-state index in [2.05, 4.69) is 5.32 Å². The number of aryl methyl sites for hydroxylation is 1. The van der Waals surface area contributed by atoms with E-state index in [0.717, 1.165) is 5.56 Å². The Hall–Kier alpha value is -2.53. The summed E-state index contributed by atoms with van der Waals surface area (Å²) < 4.78 is 10.5. The molecule has 2 rings (SSSR count). The predicted molar refractivity (Wildman–Crippen MR) is 97.4 cm³/mol. The second kappa shape index (κ2) is 8.53. The summed E-state index contributed by atoms with van der Waals surface area (Å²) in [4.78, 5) is 24.0. The van der Waals surface area contributed by atoms with Crippen LogP contribution in [-0.2, 0) is 9.53 Å². The van der Waals surface area contributed by atoms with Gasteiger partial charge in [-0.3, -0.25) is 4.79 Å². The first-order valence-corrected chi connectivity index (χ1v) is 8.25. The van der Waals surface area contributed by atoms with Crippen LogP contribution >= 0.6 is 11.6 Å². The number of anilines is 1. The number of hydrogen-bond donors (Lipinski definition) is 1. The first-order chi connectivity index (χ1) is 11.9. The summed E-state index contributed by atoms with van der Waals surface area (Å²) >= 11 is 5.96. The second-order valence-electron chi connectivity index (χ2n) is 5.45. The summed E-state index contributed by atoms with van der Waals surface area (Å²) in [7, 11) is 0. The number of hydrogen-bond acceptors (Lipinski definition) is 4. The van der Waals surface area contributed by atoms with Gasteiger partial charge in [0.2, 0.25) is 0 Å². The lowest BCUT2D eigenvalue weighted by molar-refractivity contribution is -0.118. The molecule has 6 heteroatoms. The fourth-order valence-electron chi connectivity index (χ4n) is 2.24. The number of benzene rings is 2. The number of nitrogens with one attached hydrogen (secondary N) is 1. The summed E-state index contributed by atoms with van der Waals surface area (Å²) in [6.45, 7) is 5.51. The minimum atomic E-state index is -0.413. The third-order valence-electron chi connectivity index (χ3n) is 3.60. The van der Waals surface area contributed by atoms with Crippen LogP contribution in [0.4, 0.5) is 5.69 Å². The van der Waals surface area contributed by atoms with E-state index in [1.165, 1.54) is 0 Å². The first kappa shape index (κ1) is 18.8. The van der Waals surface area contributed by atoms with Crippen LogP contribution in [0.25, 0.3) is 0 Å². The second-order valence-corrected chi connectivity index (χ2v) is 5.85. The number of rotatable bonds is 6. The third kappa shape index (κ3) is 4.97. The molecule has 0 spiro atoms. The summed E-state index contributed by atoms with van der Waals surface area (Å²) in [5.74, 6) is -0.172. The van der Waals surface area contributed by atoms with Crippen molar-refractivity contribution < 1.29 is 19.1 Å². The largest absolute Gasteiger partial charge is 0.484 e. The molecular weight excluding hydrogens is 342 g/mol. The number of halogens is 1. The van der Waals surface area contributed by atoms with Gasteiger partial charge in [-0.1, -0.05) is 17.7 Å². The molecule has 0 unspecified atom stereocenters. The van der Waals surface area contributed by atoms with Crippen LogP contribution in [0.2, 0.25) is 5.02 Å². The molecule has 0 aliphatic rings. The SMILES string of the molecule is CCOC(=O)c1cccc(NC(=O)COc2ccc(Cl)c(C)c2)c1C. The van der Waals surface area contributed by atoms with Crippen molar-refractivity contribution in [3.05, 3.63) is 58.1 Å². The van der Waals surface area contributed by atoms with E-state index in [-0.39, 0.29) is 12.5 Å². The highest BCUT2D eigenvalue weighted by Crippen LogP contribution is 2.22. The van der Waals surface area contributed by atoms with Crippen LogP contribution < -0.4 is 10.1 Å². The zero-order chi connectivity index (χ0) is 18.4. The molecule has 132 valence electrons. The summed E-state index contributed by atoms with van der Waals surface area (Å²) in [5.41, 5.74) is 2.49. The predicted octanol–water partition coefficient (Wildman–Crippen LogP) is 4.15. The van der Waals surface area contributed by atoms with E-state index in [9.17, 15) is 9.59 Å². The van der Waals surface area contributed by atoms with Crippen LogP contribution in [0.1, 0.15) is 28.4 Å². The van der Waals surface area contributed by atoms with Crippen LogP contribution in [0.3, 0.4) is 0 Å². The Morgan fingerprint density at radius 1 is 1.16 bits per heavy atom. The van der Waals surface area contributed by atoms with E-state index in [1.54, 1.807) is 50.2 Å². The lowest BCUT2D eigenvalue weighted by Gasteiger charge is -2.12. The molecule has 0 bridgehead atoms. The van der Waals surface area contributed by atoms with E-state index in [4.69, 9.17) is 21.1 Å². The van der Waals surface area contributed by atoms with Crippen LogP contribution in [0, 0.1) is 13.8 Å². The highest BCUT2D eigenvalue weighted by atomic mass is 35.5. The van der Waals surface area contributed by atoms with Gasteiger partial charge in [0.1, 0.15) is 5.75 Å². The standard InChI is InChI=1S/C19H20ClNO4/c1-4-24-19(23)15-6-5-7-17(13(15)3)21-18(22)11-25-14-8-9-16(20)12(2)10-14/h5-10H,4,11H2,1-3H3,(H,21,22). The molecule has 5 nitrogen and oxygen atoms in total. The minimum absolute atomic E-state index is 0.149. The number of esters is 1. The van der Waals surface area contributed by atoms with Crippen molar-refractivity contribution in [1.29, 1.82) is 0 Å². The molecule has 0 aromatic heterocycles. The number of ether oxygens (including phenoxy) is 2. The van der Waals surface area contributed by atoms with Crippen LogP contribution in [-0.4, -0.2) is 25.1 Å².